The summed E-state index contributed by atoms with van der Waals surface area (Å²) in [4.78, 5) is 11.2. The highest BCUT2D eigenvalue weighted by molar-refractivity contribution is 7.89. The Morgan fingerprint density at radius 1 is 1.41 bits per heavy atom. The fourth-order valence-electron chi connectivity index (χ4n) is 1.58. The lowest BCUT2D eigenvalue weighted by Crippen LogP contribution is -2.37. The van der Waals surface area contributed by atoms with Gasteiger partial charge in [0.15, 0.2) is 0 Å². The van der Waals surface area contributed by atoms with E-state index >= 15 is 0 Å². The standard InChI is InChI=1S/C13H19FN2O4S.ClH/c1-8(15-3)7-16-21(18,19)12-6-10(13(17)20-4)5-11(14)9(12)2;/h5-6,8,15-16H,7H2,1-4H3;1H. The average molecular weight is 355 g/mol. The number of carbonyl (C=O) groups excluding carboxylic acids is 1. The fourth-order valence-corrected chi connectivity index (χ4v) is 2.99. The van der Waals surface area contributed by atoms with Gasteiger partial charge in [0.25, 0.3) is 0 Å². The number of benzene rings is 1. The minimum absolute atomic E-state index is 0. The largest absolute Gasteiger partial charge is 0.465 e. The lowest BCUT2D eigenvalue weighted by atomic mass is 10.1. The molecule has 0 aliphatic rings. The van der Waals surface area contributed by atoms with Crippen LogP contribution in [0.2, 0.25) is 0 Å². The first kappa shape index (κ1) is 20.8. The van der Waals surface area contributed by atoms with Gasteiger partial charge in [-0.05, 0) is 33.0 Å². The second-order valence-corrected chi connectivity index (χ2v) is 6.35. The number of sulfonamides is 1. The molecule has 0 bridgehead atoms. The molecular formula is C13H20ClFN2O4S. The first-order valence-corrected chi connectivity index (χ1v) is 7.76. The molecule has 22 heavy (non-hydrogen) atoms. The molecule has 0 spiro atoms. The smallest absolute Gasteiger partial charge is 0.337 e. The molecule has 0 heterocycles. The van der Waals surface area contributed by atoms with Gasteiger partial charge in [0, 0.05) is 18.2 Å². The Labute approximate surface area is 135 Å². The van der Waals surface area contributed by atoms with E-state index in [2.05, 4.69) is 14.8 Å². The van der Waals surface area contributed by atoms with Crippen LogP contribution >= 0.6 is 12.4 Å². The molecule has 1 unspecified atom stereocenters. The molecule has 0 aromatic heterocycles. The lowest BCUT2D eigenvalue weighted by Gasteiger charge is -2.14. The monoisotopic (exact) mass is 354 g/mol. The van der Waals surface area contributed by atoms with E-state index in [1.807, 2.05) is 0 Å². The zero-order chi connectivity index (χ0) is 16.2. The summed E-state index contributed by atoms with van der Waals surface area (Å²) in [7, 11) is -1.08. The van der Waals surface area contributed by atoms with Crippen LogP contribution in [0.25, 0.3) is 0 Å². The highest BCUT2D eigenvalue weighted by atomic mass is 35.5. The Balaban J connectivity index is 0.00000441. The average Bonchev–Trinajstić information content (AvgIpc) is 2.46. The van der Waals surface area contributed by atoms with Gasteiger partial charge in [-0.15, -0.1) is 12.4 Å². The maximum atomic E-state index is 13.8. The first-order valence-electron chi connectivity index (χ1n) is 6.28. The number of likely N-dealkylation sites (N-methyl/N-ethyl adjacent to an activating group) is 1. The highest BCUT2D eigenvalue weighted by Crippen LogP contribution is 2.21. The van der Waals surface area contributed by atoms with Gasteiger partial charge in [0.1, 0.15) is 5.82 Å². The fraction of sp³-hybridized carbons (Fsp3) is 0.462. The van der Waals surface area contributed by atoms with Crippen LogP contribution in [0.15, 0.2) is 17.0 Å². The van der Waals surface area contributed by atoms with Crippen molar-refractivity contribution in [2.45, 2.75) is 24.8 Å². The van der Waals surface area contributed by atoms with E-state index < -0.39 is 21.8 Å². The molecule has 0 aliphatic heterocycles. The van der Waals surface area contributed by atoms with Crippen LogP contribution in [0.3, 0.4) is 0 Å². The summed E-state index contributed by atoms with van der Waals surface area (Å²) in [5, 5.41) is 2.88. The zero-order valence-electron chi connectivity index (χ0n) is 12.8. The molecule has 0 radical (unpaired) electrons. The van der Waals surface area contributed by atoms with Crippen LogP contribution in [-0.4, -0.2) is 41.1 Å². The van der Waals surface area contributed by atoms with Crippen LogP contribution in [0.4, 0.5) is 4.39 Å². The van der Waals surface area contributed by atoms with E-state index in [0.29, 0.717) is 0 Å². The maximum Gasteiger partial charge on any atom is 0.337 e. The van der Waals surface area contributed by atoms with Gasteiger partial charge < -0.3 is 10.1 Å². The number of carbonyl (C=O) groups is 1. The molecule has 2 N–H and O–H groups in total. The van der Waals surface area contributed by atoms with E-state index in [1.54, 1.807) is 14.0 Å². The maximum absolute atomic E-state index is 13.8. The molecule has 1 aromatic rings. The third kappa shape index (κ3) is 4.91. The van der Waals surface area contributed by atoms with Crippen molar-refractivity contribution in [3.05, 3.63) is 29.1 Å². The van der Waals surface area contributed by atoms with E-state index in [9.17, 15) is 17.6 Å². The van der Waals surface area contributed by atoms with Gasteiger partial charge in [-0.3, -0.25) is 0 Å². The third-order valence-electron chi connectivity index (χ3n) is 3.08. The van der Waals surface area contributed by atoms with Crippen LogP contribution < -0.4 is 10.0 Å². The van der Waals surface area contributed by atoms with Crippen molar-refractivity contribution in [3.8, 4) is 0 Å². The number of esters is 1. The molecule has 0 aliphatic carbocycles. The van der Waals surface area contributed by atoms with Crippen LogP contribution in [0.5, 0.6) is 0 Å². The minimum atomic E-state index is -3.92. The molecule has 126 valence electrons. The Morgan fingerprint density at radius 2 is 2.00 bits per heavy atom. The van der Waals surface area contributed by atoms with Crippen molar-refractivity contribution in [1.29, 1.82) is 0 Å². The van der Waals surface area contributed by atoms with Crippen molar-refractivity contribution in [2.75, 3.05) is 20.7 Å². The Bertz CT molecular complexity index is 637. The van der Waals surface area contributed by atoms with Crippen molar-refractivity contribution in [1.82, 2.24) is 10.0 Å². The van der Waals surface area contributed by atoms with Gasteiger partial charge in [-0.25, -0.2) is 22.3 Å². The quantitative estimate of drug-likeness (QED) is 0.751. The minimum Gasteiger partial charge on any atom is -0.465 e. The molecule has 0 amide bonds. The number of halogens is 2. The Hall–Kier alpha value is -1.22. The topological polar surface area (TPSA) is 84.5 Å². The van der Waals surface area contributed by atoms with Crippen LogP contribution in [-0.2, 0) is 14.8 Å². The summed E-state index contributed by atoms with van der Waals surface area (Å²) >= 11 is 0. The zero-order valence-corrected chi connectivity index (χ0v) is 14.4. The second kappa shape index (κ2) is 8.42. The van der Waals surface area contributed by atoms with Gasteiger partial charge >= 0.3 is 5.97 Å². The second-order valence-electron chi connectivity index (χ2n) is 4.61. The van der Waals surface area contributed by atoms with E-state index in [4.69, 9.17) is 0 Å². The van der Waals surface area contributed by atoms with Crippen molar-refractivity contribution < 1.29 is 22.3 Å². The lowest BCUT2D eigenvalue weighted by molar-refractivity contribution is 0.0600. The van der Waals surface area contributed by atoms with Gasteiger partial charge in [0.2, 0.25) is 10.0 Å². The number of nitrogens with one attached hydrogen (secondary N) is 2. The number of methoxy groups -OCH3 is 1. The number of hydrogen-bond acceptors (Lipinski definition) is 5. The molecule has 0 fully saturated rings. The molecule has 1 rings (SSSR count). The van der Waals surface area contributed by atoms with Gasteiger partial charge in [-0.1, -0.05) is 0 Å². The summed E-state index contributed by atoms with van der Waals surface area (Å²) in [6.45, 7) is 3.27. The van der Waals surface area contributed by atoms with E-state index in [1.165, 1.54) is 6.92 Å². The summed E-state index contributed by atoms with van der Waals surface area (Å²) in [6, 6.07) is 1.97. The third-order valence-corrected chi connectivity index (χ3v) is 4.63. The van der Waals surface area contributed by atoms with Crippen molar-refractivity contribution in [2.24, 2.45) is 0 Å². The number of hydrogen-bond donors (Lipinski definition) is 2. The predicted octanol–water partition coefficient (Wildman–Crippen LogP) is 1.23. The summed E-state index contributed by atoms with van der Waals surface area (Å²) in [5.74, 6) is -1.58. The normalized spacial score (nSPS) is 12.4. The number of ether oxygens (including phenoxy) is 1. The van der Waals surface area contributed by atoms with E-state index in [0.717, 1.165) is 19.2 Å². The SMILES string of the molecule is CNC(C)CNS(=O)(=O)c1cc(C(=O)OC)cc(F)c1C.Cl. The van der Waals surface area contributed by atoms with Gasteiger partial charge in [0.05, 0.1) is 17.6 Å². The van der Waals surface area contributed by atoms with Crippen molar-refractivity contribution >= 4 is 28.4 Å². The Kier molecular flexibility index (Phi) is 7.96. The van der Waals surface area contributed by atoms with Crippen molar-refractivity contribution in [3.63, 3.8) is 0 Å². The summed E-state index contributed by atoms with van der Waals surface area (Å²) in [6.07, 6.45) is 0. The molecule has 0 saturated heterocycles. The van der Waals surface area contributed by atoms with Crippen LogP contribution in [0, 0.1) is 12.7 Å². The number of rotatable bonds is 6. The molecule has 0 saturated carbocycles. The summed E-state index contributed by atoms with van der Waals surface area (Å²) < 4.78 is 45.1. The van der Waals surface area contributed by atoms with Gasteiger partial charge in [-0.2, -0.15) is 0 Å². The Morgan fingerprint density at radius 3 is 2.50 bits per heavy atom. The molecule has 6 nitrogen and oxygen atoms in total. The molecule has 9 heteroatoms. The molecular weight excluding hydrogens is 335 g/mol. The molecule has 1 aromatic carbocycles. The first-order chi connectivity index (χ1) is 9.72. The van der Waals surface area contributed by atoms with Crippen LogP contribution in [0.1, 0.15) is 22.8 Å². The predicted molar refractivity (Wildman–Crippen MR) is 83.4 cm³/mol. The van der Waals surface area contributed by atoms with E-state index in [-0.39, 0.29) is 41.0 Å². The summed E-state index contributed by atoms with van der Waals surface area (Å²) in [5.41, 5.74) is -0.199. The molecule has 1 atom stereocenters. The highest BCUT2D eigenvalue weighted by Gasteiger charge is 2.22.